The molecule has 2 aromatic rings. The van der Waals surface area contributed by atoms with E-state index in [1.165, 1.54) is 23.0 Å². The fourth-order valence-corrected chi connectivity index (χ4v) is 2.68. The third-order valence-electron chi connectivity index (χ3n) is 3.63. The summed E-state index contributed by atoms with van der Waals surface area (Å²) in [6.07, 6.45) is -2.97. The van der Waals surface area contributed by atoms with Crippen LogP contribution >= 0.6 is 0 Å². The SMILES string of the molecule is Cn1ncc2c1NC(=O)C[C@H]2c1ccccc1C(F)(F)F. The maximum atomic E-state index is 13.2. The molecule has 1 aliphatic heterocycles. The lowest BCUT2D eigenvalue weighted by Crippen LogP contribution is -2.25. The van der Waals surface area contributed by atoms with Crippen LogP contribution < -0.4 is 5.32 Å². The van der Waals surface area contributed by atoms with E-state index in [-0.39, 0.29) is 17.9 Å². The molecule has 0 radical (unpaired) electrons. The molecule has 4 nitrogen and oxygen atoms in total. The van der Waals surface area contributed by atoms with Crippen LogP contribution in [0.25, 0.3) is 0 Å². The normalized spacial score (nSPS) is 18.3. The maximum Gasteiger partial charge on any atom is 0.416 e. The third-order valence-corrected chi connectivity index (χ3v) is 3.63. The second-order valence-corrected chi connectivity index (χ2v) is 4.96. The summed E-state index contributed by atoms with van der Waals surface area (Å²) in [6, 6.07) is 5.35. The Bertz CT molecular complexity index is 706. The number of hydrogen-bond donors (Lipinski definition) is 1. The van der Waals surface area contributed by atoms with Crippen molar-refractivity contribution in [1.29, 1.82) is 0 Å². The van der Waals surface area contributed by atoms with Crippen LogP contribution in [-0.2, 0) is 18.0 Å². The molecule has 1 aliphatic rings. The second-order valence-electron chi connectivity index (χ2n) is 4.96. The molecule has 1 N–H and O–H groups in total. The van der Waals surface area contributed by atoms with Gasteiger partial charge in [0.25, 0.3) is 0 Å². The average molecular weight is 295 g/mol. The Morgan fingerprint density at radius 3 is 2.71 bits per heavy atom. The molecule has 110 valence electrons. The Morgan fingerprint density at radius 1 is 1.29 bits per heavy atom. The topological polar surface area (TPSA) is 46.9 Å². The molecule has 0 saturated carbocycles. The first-order valence-corrected chi connectivity index (χ1v) is 6.36. The van der Waals surface area contributed by atoms with Crippen molar-refractivity contribution >= 4 is 11.7 Å². The molecule has 1 amide bonds. The molecule has 0 bridgehead atoms. The Hall–Kier alpha value is -2.31. The number of alkyl halides is 3. The summed E-state index contributed by atoms with van der Waals surface area (Å²) in [4.78, 5) is 11.8. The maximum absolute atomic E-state index is 13.2. The highest BCUT2D eigenvalue weighted by Crippen LogP contribution is 2.42. The van der Waals surface area contributed by atoms with Crippen LogP contribution in [0.2, 0.25) is 0 Å². The first-order chi connectivity index (χ1) is 9.88. The van der Waals surface area contributed by atoms with Gasteiger partial charge in [-0.1, -0.05) is 18.2 Å². The van der Waals surface area contributed by atoms with E-state index >= 15 is 0 Å². The van der Waals surface area contributed by atoms with Crippen molar-refractivity contribution in [1.82, 2.24) is 9.78 Å². The van der Waals surface area contributed by atoms with E-state index in [1.54, 1.807) is 13.1 Å². The van der Waals surface area contributed by atoms with Crippen LogP contribution in [0.15, 0.2) is 30.5 Å². The van der Waals surface area contributed by atoms with E-state index in [1.807, 2.05) is 0 Å². The molecule has 0 unspecified atom stereocenters. The highest BCUT2D eigenvalue weighted by atomic mass is 19.4. The molecular formula is C14H12F3N3O. The number of nitrogens with zero attached hydrogens (tertiary/aromatic N) is 2. The molecule has 7 heteroatoms. The van der Waals surface area contributed by atoms with Gasteiger partial charge < -0.3 is 5.32 Å². The molecule has 3 rings (SSSR count). The van der Waals surface area contributed by atoms with Crippen LogP contribution in [-0.4, -0.2) is 15.7 Å². The van der Waals surface area contributed by atoms with E-state index < -0.39 is 17.7 Å². The first-order valence-electron chi connectivity index (χ1n) is 6.36. The van der Waals surface area contributed by atoms with Crippen LogP contribution in [0.4, 0.5) is 19.0 Å². The zero-order valence-electron chi connectivity index (χ0n) is 11.1. The zero-order valence-corrected chi connectivity index (χ0v) is 11.1. The number of carbonyl (C=O) groups excluding carboxylic acids is 1. The smallest absolute Gasteiger partial charge is 0.311 e. The van der Waals surface area contributed by atoms with E-state index in [2.05, 4.69) is 10.4 Å². The number of amides is 1. The minimum Gasteiger partial charge on any atom is -0.311 e. The van der Waals surface area contributed by atoms with Gasteiger partial charge in [-0.2, -0.15) is 18.3 Å². The molecule has 1 aromatic heterocycles. The van der Waals surface area contributed by atoms with Gasteiger partial charge in [-0.3, -0.25) is 9.48 Å². The number of aromatic nitrogens is 2. The first kappa shape index (κ1) is 13.7. The van der Waals surface area contributed by atoms with Gasteiger partial charge >= 0.3 is 6.18 Å². The summed E-state index contributed by atoms with van der Waals surface area (Å²) in [5.74, 6) is -0.499. The fourth-order valence-electron chi connectivity index (χ4n) is 2.68. The number of aryl methyl sites for hydroxylation is 1. The van der Waals surface area contributed by atoms with Gasteiger partial charge in [-0.25, -0.2) is 0 Å². The molecule has 0 saturated heterocycles. The van der Waals surface area contributed by atoms with Crippen LogP contribution in [0.1, 0.15) is 29.0 Å². The van der Waals surface area contributed by atoms with E-state index in [4.69, 9.17) is 0 Å². The monoisotopic (exact) mass is 295 g/mol. The molecule has 0 aliphatic carbocycles. The highest BCUT2D eigenvalue weighted by molar-refractivity contribution is 5.94. The summed E-state index contributed by atoms with van der Waals surface area (Å²) < 4.78 is 40.9. The Labute approximate surface area is 118 Å². The Kier molecular flexibility index (Phi) is 3.00. The van der Waals surface area contributed by atoms with Gasteiger partial charge in [0.1, 0.15) is 5.82 Å². The predicted octanol–water partition coefficient (Wildman–Crippen LogP) is 2.91. The van der Waals surface area contributed by atoms with Crippen LogP contribution in [0.5, 0.6) is 0 Å². The summed E-state index contributed by atoms with van der Waals surface area (Å²) in [5, 5.41) is 6.67. The largest absolute Gasteiger partial charge is 0.416 e. The summed E-state index contributed by atoms with van der Waals surface area (Å²) in [5.41, 5.74) is 0.00223. The molecule has 1 aromatic carbocycles. The quantitative estimate of drug-likeness (QED) is 0.879. The lowest BCUT2D eigenvalue weighted by Gasteiger charge is -2.25. The van der Waals surface area contributed by atoms with Gasteiger partial charge in [0.05, 0.1) is 11.8 Å². The van der Waals surface area contributed by atoms with E-state index in [0.717, 1.165) is 6.07 Å². The number of hydrogen-bond acceptors (Lipinski definition) is 2. The van der Waals surface area contributed by atoms with E-state index in [9.17, 15) is 18.0 Å². The predicted molar refractivity (Wildman–Crippen MR) is 69.7 cm³/mol. The lowest BCUT2D eigenvalue weighted by atomic mass is 9.84. The minimum atomic E-state index is -4.45. The second kappa shape index (κ2) is 4.61. The fraction of sp³-hybridized carbons (Fsp3) is 0.286. The van der Waals surface area contributed by atoms with Crippen molar-refractivity contribution in [2.45, 2.75) is 18.5 Å². The summed E-state index contributed by atoms with van der Waals surface area (Å²) >= 11 is 0. The lowest BCUT2D eigenvalue weighted by molar-refractivity contribution is -0.138. The number of nitrogens with one attached hydrogen (secondary N) is 1. The number of carbonyl (C=O) groups is 1. The van der Waals surface area contributed by atoms with Crippen molar-refractivity contribution in [3.05, 3.63) is 47.2 Å². The van der Waals surface area contributed by atoms with Crippen molar-refractivity contribution in [3.63, 3.8) is 0 Å². The molecule has 0 spiro atoms. The highest BCUT2D eigenvalue weighted by Gasteiger charge is 2.38. The van der Waals surface area contributed by atoms with Gasteiger partial charge in [0.2, 0.25) is 5.91 Å². The molecular weight excluding hydrogens is 283 g/mol. The molecule has 2 heterocycles. The zero-order chi connectivity index (χ0) is 15.2. The number of rotatable bonds is 1. The van der Waals surface area contributed by atoms with Gasteiger partial charge in [-0.05, 0) is 11.6 Å². The standard InChI is InChI=1S/C14H12F3N3O/c1-20-13-10(7-18-20)9(6-12(21)19-13)8-4-2-3-5-11(8)14(15,16)17/h2-5,7,9H,6H2,1H3,(H,19,21)/t9-/m0/s1. The minimum absolute atomic E-state index is 0.0220. The summed E-state index contributed by atoms with van der Waals surface area (Å²) in [7, 11) is 1.64. The Balaban J connectivity index is 2.16. The van der Waals surface area contributed by atoms with Gasteiger partial charge in [0.15, 0.2) is 0 Å². The van der Waals surface area contributed by atoms with Gasteiger partial charge in [-0.15, -0.1) is 0 Å². The van der Waals surface area contributed by atoms with Gasteiger partial charge in [0, 0.05) is 24.9 Å². The average Bonchev–Trinajstić information content (AvgIpc) is 2.79. The number of fused-ring (bicyclic) bond motifs is 1. The molecule has 21 heavy (non-hydrogen) atoms. The van der Waals surface area contributed by atoms with Crippen molar-refractivity contribution in [3.8, 4) is 0 Å². The number of anilines is 1. The van der Waals surface area contributed by atoms with E-state index in [0.29, 0.717) is 11.4 Å². The van der Waals surface area contributed by atoms with Crippen molar-refractivity contribution in [2.75, 3.05) is 5.32 Å². The van der Waals surface area contributed by atoms with Crippen molar-refractivity contribution < 1.29 is 18.0 Å². The van der Waals surface area contributed by atoms with Crippen LogP contribution in [0, 0.1) is 0 Å². The number of benzene rings is 1. The van der Waals surface area contributed by atoms with Crippen molar-refractivity contribution in [2.24, 2.45) is 7.05 Å². The Morgan fingerprint density at radius 2 is 2.00 bits per heavy atom. The molecule has 0 fully saturated rings. The third kappa shape index (κ3) is 2.28. The number of halogens is 3. The molecule has 1 atom stereocenters. The summed E-state index contributed by atoms with van der Waals surface area (Å²) in [6.45, 7) is 0. The van der Waals surface area contributed by atoms with Crippen LogP contribution in [0.3, 0.4) is 0 Å².